The van der Waals surface area contributed by atoms with Crippen LogP contribution in [0.2, 0.25) is 5.02 Å². The van der Waals surface area contributed by atoms with Gasteiger partial charge in [-0.2, -0.15) is 13.2 Å². The van der Waals surface area contributed by atoms with E-state index in [1.165, 1.54) is 0 Å². The first-order chi connectivity index (χ1) is 14.4. The first kappa shape index (κ1) is 27.9. The van der Waals surface area contributed by atoms with Crippen LogP contribution in [0.1, 0.15) is 19.4 Å². The van der Waals surface area contributed by atoms with Gasteiger partial charge < -0.3 is 16.0 Å². The zero-order valence-corrected chi connectivity index (χ0v) is 21.6. The van der Waals surface area contributed by atoms with Crippen molar-refractivity contribution in [2.24, 2.45) is 17.3 Å². The summed E-state index contributed by atoms with van der Waals surface area (Å²) in [5.41, 5.74) is -1.51. The molecule has 2 rings (SSSR count). The molecule has 0 unspecified atom stereocenters. The molecular weight excluding hydrogens is 576 g/mol. The van der Waals surface area contributed by atoms with Gasteiger partial charge in [-0.3, -0.25) is 4.79 Å². The van der Waals surface area contributed by atoms with E-state index in [0.717, 1.165) is 18.2 Å². The van der Waals surface area contributed by atoms with Crippen molar-refractivity contribution in [2.75, 3.05) is 5.32 Å². The predicted octanol–water partition coefficient (Wildman–Crippen LogP) is 7.05. The predicted molar refractivity (Wildman–Crippen MR) is 129 cm³/mol. The molecule has 1 aromatic carbocycles. The molecule has 0 aromatic heterocycles. The quantitative estimate of drug-likeness (QED) is 0.195. The van der Waals surface area contributed by atoms with Gasteiger partial charge in [-0.05, 0) is 47.8 Å². The molecule has 3 N–H and O–H groups in total. The number of hydrogen-bond acceptors (Lipinski definition) is 2. The Morgan fingerprint density at radius 2 is 1.78 bits per heavy atom. The Balaban J connectivity index is 2.13. The van der Waals surface area contributed by atoms with Gasteiger partial charge in [0.15, 0.2) is 5.11 Å². The highest BCUT2D eigenvalue weighted by molar-refractivity contribution is 7.80. The van der Waals surface area contributed by atoms with E-state index in [4.69, 9.17) is 81.8 Å². The van der Waals surface area contributed by atoms with Crippen LogP contribution in [0.3, 0.4) is 0 Å². The van der Waals surface area contributed by atoms with Crippen molar-refractivity contribution in [1.82, 2.24) is 10.6 Å². The highest BCUT2D eigenvalue weighted by Gasteiger charge is 2.61. The van der Waals surface area contributed by atoms with Gasteiger partial charge in [0.1, 0.15) is 10.7 Å². The molecule has 1 amide bonds. The molecule has 14 heteroatoms. The highest BCUT2D eigenvalue weighted by Crippen LogP contribution is 2.59. The van der Waals surface area contributed by atoms with E-state index in [1.807, 2.05) is 13.8 Å². The van der Waals surface area contributed by atoms with Crippen molar-refractivity contribution in [2.45, 2.75) is 30.0 Å². The number of hydrogen-bond donors (Lipinski definition) is 3. The maximum atomic E-state index is 13.0. The number of rotatable bonds is 5. The number of carbonyl (C=O) groups is 1. The summed E-state index contributed by atoms with van der Waals surface area (Å²) in [5, 5.41) is 7.36. The van der Waals surface area contributed by atoms with Crippen LogP contribution in [0.4, 0.5) is 18.9 Å². The summed E-state index contributed by atoms with van der Waals surface area (Å²) in [5.74, 6) is -1.21. The second-order valence-electron chi connectivity index (χ2n) is 7.56. The summed E-state index contributed by atoms with van der Waals surface area (Å²) in [6.07, 6.45) is -4.36. The van der Waals surface area contributed by atoms with Gasteiger partial charge in [0.2, 0.25) is 9.70 Å². The number of anilines is 1. The van der Waals surface area contributed by atoms with Crippen LogP contribution in [0, 0.1) is 17.3 Å². The Kier molecular flexibility index (Phi) is 8.80. The van der Waals surface area contributed by atoms with Gasteiger partial charge in [0.05, 0.1) is 22.2 Å². The molecule has 1 saturated carbocycles. The molecule has 1 aromatic rings. The van der Waals surface area contributed by atoms with Gasteiger partial charge >= 0.3 is 6.18 Å². The molecule has 4 nitrogen and oxygen atoms in total. The van der Waals surface area contributed by atoms with Crippen LogP contribution in [0.15, 0.2) is 28.8 Å². The molecule has 0 aliphatic heterocycles. The van der Waals surface area contributed by atoms with Gasteiger partial charge in [-0.25, -0.2) is 0 Å². The minimum absolute atomic E-state index is 0.0241. The lowest BCUT2D eigenvalue weighted by molar-refractivity contribution is -0.137. The molecule has 1 aliphatic rings. The number of carbonyl (C=O) groups excluding carboxylic acids is 1. The smallest absolute Gasteiger partial charge is 0.339 e. The lowest BCUT2D eigenvalue weighted by Gasteiger charge is -2.28. The molecule has 32 heavy (non-hydrogen) atoms. The van der Waals surface area contributed by atoms with Gasteiger partial charge in [-0.15, -0.1) is 0 Å². The minimum Gasteiger partial charge on any atom is -0.339 e. The lowest BCUT2D eigenvalue weighted by atomic mass is 10.1. The van der Waals surface area contributed by atoms with E-state index in [1.54, 1.807) is 6.08 Å². The third-order valence-electron chi connectivity index (χ3n) is 4.93. The molecule has 1 fully saturated rings. The van der Waals surface area contributed by atoms with Crippen LogP contribution in [0.25, 0.3) is 0 Å². The normalized spacial score (nSPS) is 20.7. The first-order valence-corrected chi connectivity index (χ1v) is 11.5. The maximum Gasteiger partial charge on any atom is 0.416 e. The highest BCUT2D eigenvalue weighted by atomic mass is 35.6. The van der Waals surface area contributed by atoms with Crippen molar-refractivity contribution >= 4 is 98.5 Å². The van der Waals surface area contributed by atoms with Gasteiger partial charge in [0, 0.05) is 0 Å². The van der Waals surface area contributed by atoms with Crippen molar-refractivity contribution in [3.8, 4) is 0 Å². The van der Waals surface area contributed by atoms with E-state index >= 15 is 0 Å². The largest absolute Gasteiger partial charge is 0.416 e. The van der Waals surface area contributed by atoms with Crippen molar-refractivity contribution < 1.29 is 18.0 Å². The van der Waals surface area contributed by atoms with Crippen LogP contribution in [-0.2, 0) is 11.0 Å². The number of thiocarbonyl (C=S) groups is 1. The fraction of sp³-hybridized carbons (Fsp3) is 0.444. The van der Waals surface area contributed by atoms with Crippen molar-refractivity contribution in [1.29, 1.82) is 0 Å². The summed E-state index contributed by atoms with van der Waals surface area (Å²) in [4.78, 5) is 12.8. The number of allylic oxidation sites excluding steroid dienone is 1. The summed E-state index contributed by atoms with van der Waals surface area (Å²) in [7, 11) is 0. The number of alkyl halides is 6. The average molecular weight is 592 g/mol. The fourth-order valence-electron chi connectivity index (χ4n) is 3.14. The molecule has 0 heterocycles. The minimum atomic E-state index is -4.59. The number of benzene rings is 1. The van der Waals surface area contributed by atoms with E-state index < -0.39 is 38.9 Å². The Morgan fingerprint density at radius 1 is 1.19 bits per heavy atom. The second kappa shape index (κ2) is 10.1. The zero-order valence-electron chi connectivity index (χ0n) is 16.3. The third kappa shape index (κ3) is 7.08. The van der Waals surface area contributed by atoms with E-state index in [0.29, 0.717) is 0 Å². The third-order valence-corrected chi connectivity index (χ3v) is 6.39. The summed E-state index contributed by atoms with van der Waals surface area (Å²) < 4.78 is 36.8. The van der Waals surface area contributed by atoms with Crippen molar-refractivity contribution in [3.63, 3.8) is 0 Å². The number of nitrogens with one attached hydrogen (secondary N) is 3. The Hall–Kier alpha value is -0.350. The maximum absolute atomic E-state index is 13.0. The summed E-state index contributed by atoms with van der Waals surface area (Å²) in [6, 6.07) is 2.66. The van der Waals surface area contributed by atoms with Gasteiger partial charge in [-0.1, -0.05) is 83.5 Å². The number of amides is 1. The molecule has 178 valence electrons. The SMILES string of the molecule is CC1(C)[C@H](C(=O)N[C@H](NC(=S)Nc2cc(C(F)(F)F)ccc2Cl)C(Cl)(Cl)Cl)[C@@H]1C=C(Cl)Cl. The van der Waals surface area contributed by atoms with E-state index in [2.05, 4.69) is 16.0 Å². The topological polar surface area (TPSA) is 53.2 Å². The first-order valence-electron chi connectivity index (χ1n) is 8.78. The van der Waals surface area contributed by atoms with Crippen molar-refractivity contribution in [3.05, 3.63) is 39.4 Å². The Bertz CT molecular complexity index is 932. The van der Waals surface area contributed by atoms with Crippen LogP contribution in [0.5, 0.6) is 0 Å². The molecule has 0 saturated heterocycles. The van der Waals surface area contributed by atoms with Crippen LogP contribution < -0.4 is 16.0 Å². The fourth-order valence-corrected chi connectivity index (χ4v) is 4.14. The number of halogens is 9. The van der Waals surface area contributed by atoms with Crippen LogP contribution >= 0.6 is 81.8 Å². The monoisotopic (exact) mass is 589 g/mol. The standard InChI is InChI=1S/C18H16Cl6F3N3OS/c1-16(2)8(6-11(20)21)12(16)13(31)29-14(17(22,23)24)30-15(32)28-10-5-7(18(25,26)27)3-4-9(10)19/h3-6,8,12,14H,1-2H3,(H,29,31)(H2,28,30,32)/t8-,12-,14+/m0/s1. The Morgan fingerprint density at radius 3 is 2.28 bits per heavy atom. The molecule has 0 bridgehead atoms. The molecule has 0 spiro atoms. The lowest BCUT2D eigenvalue weighted by Crippen LogP contribution is -2.56. The molecule has 0 radical (unpaired) electrons. The van der Waals surface area contributed by atoms with E-state index in [-0.39, 0.29) is 26.2 Å². The zero-order chi connectivity index (χ0) is 24.6. The molecule has 1 aliphatic carbocycles. The molecule has 3 atom stereocenters. The van der Waals surface area contributed by atoms with Crippen LogP contribution in [-0.4, -0.2) is 21.0 Å². The Labute approximate surface area is 218 Å². The second-order valence-corrected chi connectivity index (χ2v) is 11.7. The van der Waals surface area contributed by atoms with E-state index in [9.17, 15) is 18.0 Å². The summed E-state index contributed by atoms with van der Waals surface area (Å²) >= 11 is 40.3. The molecular formula is C18H16Cl6F3N3OS. The average Bonchev–Trinajstić information content (AvgIpc) is 3.13. The summed E-state index contributed by atoms with van der Waals surface area (Å²) in [6.45, 7) is 3.68. The van der Waals surface area contributed by atoms with Gasteiger partial charge in [0.25, 0.3) is 0 Å².